The van der Waals surface area contributed by atoms with E-state index in [0.717, 1.165) is 62.6 Å². The first-order valence-corrected chi connectivity index (χ1v) is 10.3. The zero-order valence-electron chi connectivity index (χ0n) is 16.5. The van der Waals surface area contributed by atoms with Crippen LogP contribution in [0, 0.1) is 0 Å². The Morgan fingerprint density at radius 3 is 2.63 bits per heavy atom. The van der Waals surface area contributed by atoms with Gasteiger partial charge in [-0.2, -0.15) is 0 Å². The molecule has 1 aliphatic heterocycles. The normalized spacial score (nSPS) is 18.4. The van der Waals surface area contributed by atoms with E-state index in [-0.39, 0.29) is 11.8 Å². The first kappa shape index (κ1) is 21.4. The van der Waals surface area contributed by atoms with Gasteiger partial charge in [-0.25, -0.2) is 0 Å². The molecule has 1 aromatic carbocycles. The van der Waals surface area contributed by atoms with Gasteiger partial charge in [0.2, 0.25) is 0 Å². The lowest BCUT2D eigenvalue weighted by atomic mass is 10.0. The summed E-state index contributed by atoms with van der Waals surface area (Å²) in [5.74, 6) is 0.288. The van der Waals surface area contributed by atoms with Crippen molar-refractivity contribution in [2.24, 2.45) is 0 Å². The van der Waals surface area contributed by atoms with E-state index >= 15 is 0 Å². The fourth-order valence-electron chi connectivity index (χ4n) is 3.60. The van der Waals surface area contributed by atoms with E-state index in [0.29, 0.717) is 19.3 Å². The number of hydrogen-bond acceptors (Lipinski definition) is 4. The predicted octanol–water partition coefficient (Wildman–Crippen LogP) is 4.76. The molecule has 148 valence electrons. The van der Waals surface area contributed by atoms with Gasteiger partial charge in [0.15, 0.2) is 5.78 Å². The number of aliphatic hydroxyl groups excluding tert-OH is 1. The Morgan fingerprint density at radius 1 is 1.15 bits per heavy atom. The van der Waals surface area contributed by atoms with E-state index in [2.05, 4.69) is 24.0 Å². The lowest BCUT2D eigenvalue weighted by Gasteiger charge is -2.25. The van der Waals surface area contributed by atoms with Crippen molar-refractivity contribution in [3.05, 3.63) is 42.0 Å². The lowest BCUT2D eigenvalue weighted by molar-refractivity contribution is -0.118. The largest absolute Gasteiger partial charge is 0.388 e. The Bertz CT molecular complexity index is 609. The van der Waals surface area contributed by atoms with E-state index in [1.807, 2.05) is 24.3 Å². The standard InChI is InChI=1S/C23H33NO3/c1-2-3-7-11-22(26)19-12-14-20(15-13-19)24-17-16-23(27)21(24)10-8-5-4-6-9-18-25/h5,8,12-15,18,21-22,26H,2-4,6-7,9-11,16-17H2,1H3/b8-5-/t21-,22?/m0/s1. The predicted molar refractivity (Wildman–Crippen MR) is 110 cm³/mol. The van der Waals surface area contributed by atoms with Crippen molar-refractivity contribution >= 4 is 17.8 Å². The summed E-state index contributed by atoms with van der Waals surface area (Å²) in [4.78, 5) is 24.8. The van der Waals surface area contributed by atoms with Gasteiger partial charge < -0.3 is 14.8 Å². The number of carbonyl (C=O) groups excluding carboxylic acids is 2. The Kier molecular flexibility index (Phi) is 9.26. The number of hydrogen-bond donors (Lipinski definition) is 1. The van der Waals surface area contributed by atoms with E-state index in [9.17, 15) is 14.7 Å². The number of benzene rings is 1. The van der Waals surface area contributed by atoms with Crippen LogP contribution in [0.4, 0.5) is 5.69 Å². The second kappa shape index (κ2) is 11.7. The van der Waals surface area contributed by atoms with Crippen LogP contribution in [0.15, 0.2) is 36.4 Å². The molecule has 4 nitrogen and oxygen atoms in total. The smallest absolute Gasteiger partial charge is 0.157 e. The number of anilines is 1. The molecule has 1 fully saturated rings. The van der Waals surface area contributed by atoms with Gasteiger partial charge in [-0.3, -0.25) is 4.79 Å². The van der Waals surface area contributed by atoms with Crippen LogP contribution >= 0.6 is 0 Å². The summed E-state index contributed by atoms with van der Waals surface area (Å²) >= 11 is 0. The number of nitrogens with zero attached hydrogens (tertiary/aromatic N) is 1. The molecule has 27 heavy (non-hydrogen) atoms. The maximum atomic E-state index is 12.3. The van der Waals surface area contributed by atoms with Crippen molar-refractivity contribution in [1.29, 1.82) is 0 Å². The van der Waals surface area contributed by atoms with E-state index in [1.54, 1.807) is 0 Å². The van der Waals surface area contributed by atoms with Crippen molar-refractivity contribution < 1.29 is 14.7 Å². The summed E-state index contributed by atoms with van der Waals surface area (Å²) in [7, 11) is 0. The third-order valence-corrected chi connectivity index (χ3v) is 5.26. The molecule has 4 heteroatoms. The van der Waals surface area contributed by atoms with Crippen molar-refractivity contribution in [3.8, 4) is 0 Å². The third kappa shape index (κ3) is 6.62. The number of aliphatic hydroxyl groups is 1. The lowest BCUT2D eigenvalue weighted by Crippen LogP contribution is -2.32. The molecule has 1 heterocycles. The Morgan fingerprint density at radius 2 is 1.93 bits per heavy atom. The molecule has 2 rings (SSSR count). The van der Waals surface area contributed by atoms with Crippen LogP contribution < -0.4 is 4.90 Å². The third-order valence-electron chi connectivity index (χ3n) is 5.26. The molecule has 1 aromatic rings. The number of aldehydes is 1. The van der Waals surface area contributed by atoms with E-state index < -0.39 is 6.10 Å². The molecule has 0 spiro atoms. The van der Waals surface area contributed by atoms with Crippen LogP contribution in [0.3, 0.4) is 0 Å². The monoisotopic (exact) mass is 371 g/mol. The maximum Gasteiger partial charge on any atom is 0.157 e. The average molecular weight is 372 g/mol. The average Bonchev–Trinajstić information content (AvgIpc) is 3.05. The van der Waals surface area contributed by atoms with Gasteiger partial charge in [-0.05, 0) is 43.4 Å². The molecule has 1 aliphatic rings. The van der Waals surface area contributed by atoms with Gasteiger partial charge in [0, 0.05) is 25.1 Å². The first-order chi connectivity index (χ1) is 13.2. The zero-order chi connectivity index (χ0) is 19.5. The minimum Gasteiger partial charge on any atom is -0.388 e. The highest BCUT2D eigenvalue weighted by Crippen LogP contribution is 2.28. The summed E-state index contributed by atoms with van der Waals surface area (Å²) < 4.78 is 0. The summed E-state index contributed by atoms with van der Waals surface area (Å²) in [5, 5.41) is 10.3. The minimum atomic E-state index is -0.407. The number of unbranched alkanes of at least 4 members (excludes halogenated alkanes) is 4. The van der Waals surface area contributed by atoms with Crippen molar-refractivity contribution in [2.45, 2.75) is 76.9 Å². The zero-order valence-corrected chi connectivity index (χ0v) is 16.5. The van der Waals surface area contributed by atoms with Crippen LogP contribution in [-0.2, 0) is 9.59 Å². The van der Waals surface area contributed by atoms with Crippen LogP contribution in [0.25, 0.3) is 0 Å². The van der Waals surface area contributed by atoms with Gasteiger partial charge in [-0.1, -0.05) is 50.5 Å². The quantitative estimate of drug-likeness (QED) is 0.327. The van der Waals surface area contributed by atoms with Crippen LogP contribution in [-0.4, -0.2) is 29.8 Å². The number of ketones is 1. The Labute approximate surface area is 163 Å². The number of rotatable bonds is 12. The second-order valence-electron chi connectivity index (χ2n) is 7.33. The minimum absolute atomic E-state index is 0.104. The molecule has 1 unspecified atom stereocenters. The maximum absolute atomic E-state index is 12.3. The molecule has 0 amide bonds. The second-order valence-corrected chi connectivity index (χ2v) is 7.33. The van der Waals surface area contributed by atoms with Gasteiger partial charge in [0.05, 0.1) is 12.1 Å². The van der Waals surface area contributed by atoms with Crippen LogP contribution in [0.1, 0.15) is 76.4 Å². The summed E-state index contributed by atoms with van der Waals surface area (Å²) in [5.41, 5.74) is 2.00. The fourth-order valence-corrected chi connectivity index (χ4v) is 3.60. The number of carbonyl (C=O) groups is 2. The van der Waals surface area contributed by atoms with Crippen molar-refractivity contribution in [2.75, 3.05) is 11.4 Å². The van der Waals surface area contributed by atoms with Gasteiger partial charge in [-0.15, -0.1) is 0 Å². The Hall–Kier alpha value is -1.94. The summed E-state index contributed by atoms with van der Waals surface area (Å²) in [6.07, 6.45) is 12.5. The van der Waals surface area contributed by atoms with Crippen molar-refractivity contribution in [1.82, 2.24) is 0 Å². The molecule has 0 aliphatic carbocycles. The topological polar surface area (TPSA) is 57.6 Å². The molecule has 0 bridgehead atoms. The van der Waals surface area contributed by atoms with E-state index in [1.165, 1.54) is 0 Å². The Balaban J connectivity index is 1.92. The van der Waals surface area contributed by atoms with Crippen LogP contribution in [0.5, 0.6) is 0 Å². The molecule has 0 saturated carbocycles. The number of Topliss-reactive ketones (excluding diaryl/α,β-unsaturated/α-hetero) is 1. The molecular formula is C23H33NO3. The highest BCUT2D eigenvalue weighted by Gasteiger charge is 2.31. The highest BCUT2D eigenvalue weighted by atomic mass is 16.3. The van der Waals surface area contributed by atoms with Gasteiger partial charge in [0.25, 0.3) is 0 Å². The molecule has 0 radical (unpaired) electrons. The van der Waals surface area contributed by atoms with Gasteiger partial charge in [0.1, 0.15) is 6.29 Å². The molecule has 1 saturated heterocycles. The highest BCUT2D eigenvalue weighted by molar-refractivity contribution is 5.91. The summed E-state index contributed by atoms with van der Waals surface area (Å²) in [6, 6.07) is 7.92. The van der Waals surface area contributed by atoms with Crippen LogP contribution in [0.2, 0.25) is 0 Å². The molecule has 1 N–H and O–H groups in total. The molecule has 0 aromatic heterocycles. The molecule has 2 atom stereocenters. The number of allylic oxidation sites excluding steroid dienone is 1. The van der Waals surface area contributed by atoms with Crippen molar-refractivity contribution in [3.63, 3.8) is 0 Å². The SMILES string of the molecule is CCCCCC(O)c1ccc(N2CCC(=O)[C@@H]2C/C=C\CCCC=O)cc1. The van der Waals surface area contributed by atoms with E-state index in [4.69, 9.17) is 0 Å². The van der Waals surface area contributed by atoms with Gasteiger partial charge >= 0.3 is 0 Å². The first-order valence-electron chi connectivity index (χ1n) is 10.3. The molecular weight excluding hydrogens is 338 g/mol. The summed E-state index contributed by atoms with van der Waals surface area (Å²) in [6.45, 7) is 2.91. The fraction of sp³-hybridized carbons (Fsp3) is 0.565.